The van der Waals surface area contributed by atoms with Gasteiger partial charge in [0.15, 0.2) is 11.6 Å². The summed E-state index contributed by atoms with van der Waals surface area (Å²) < 4.78 is 12.0. The number of halogens is 1. The van der Waals surface area contributed by atoms with E-state index in [1.807, 2.05) is 0 Å². The number of nitrogen functional groups attached to an aromatic ring is 2. The maximum Gasteiger partial charge on any atom is 0.233 e. The van der Waals surface area contributed by atoms with Gasteiger partial charge in [0.05, 0.1) is 6.20 Å². The number of nitrogens with zero attached hydrogens (tertiary/aromatic N) is 2. The Kier molecular flexibility index (Phi) is 1.18. The minimum atomic E-state index is -0.721. The lowest BCUT2D eigenvalue weighted by molar-refractivity contribution is 0.579. The highest BCUT2D eigenvalue weighted by Crippen LogP contribution is 2.04. The zero-order valence-electron chi connectivity index (χ0n) is 4.50. The van der Waals surface area contributed by atoms with Crippen molar-refractivity contribution < 1.29 is 4.39 Å². The first-order valence-corrected chi connectivity index (χ1v) is 2.23. The predicted octanol–water partition coefficient (Wildman–Crippen LogP) is -0.220. The standard InChI is InChI=1S/C4H5FN4/c5-2-1-8-3(6)4(7)9-2/h1H,(H2,6,8)(H2,7,9). The fourth-order valence-electron chi connectivity index (χ4n) is 0.390. The lowest BCUT2D eigenvalue weighted by Crippen LogP contribution is -2.01. The van der Waals surface area contributed by atoms with Gasteiger partial charge in [-0.2, -0.15) is 9.37 Å². The molecule has 4 nitrogen and oxygen atoms in total. The van der Waals surface area contributed by atoms with Crippen molar-refractivity contribution in [3.8, 4) is 0 Å². The molecule has 0 atom stereocenters. The van der Waals surface area contributed by atoms with Crippen LogP contribution in [0.3, 0.4) is 0 Å². The van der Waals surface area contributed by atoms with Crippen LogP contribution in [0.2, 0.25) is 0 Å². The Bertz CT molecular complexity index is 224. The van der Waals surface area contributed by atoms with Crippen molar-refractivity contribution in [1.29, 1.82) is 0 Å². The largest absolute Gasteiger partial charge is 0.381 e. The molecule has 0 aliphatic heterocycles. The Labute approximate surface area is 50.7 Å². The van der Waals surface area contributed by atoms with Gasteiger partial charge in [-0.3, -0.25) is 0 Å². The van der Waals surface area contributed by atoms with Gasteiger partial charge in [0.25, 0.3) is 0 Å². The van der Waals surface area contributed by atoms with Crippen molar-refractivity contribution >= 4 is 11.6 Å². The molecule has 1 aromatic rings. The first-order valence-electron chi connectivity index (χ1n) is 2.23. The maximum atomic E-state index is 12.0. The second-order valence-electron chi connectivity index (χ2n) is 1.46. The van der Waals surface area contributed by atoms with Gasteiger partial charge < -0.3 is 11.5 Å². The lowest BCUT2D eigenvalue weighted by atomic mass is 10.6. The van der Waals surface area contributed by atoms with E-state index in [2.05, 4.69) is 9.97 Å². The van der Waals surface area contributed by atoms with Gasteiger partial charge in [0.1, 0.15) is 0 Å². The summed E-state index contributed by atoms with van der Waals surface area (Å²) in [4.78, 5) is 6.59. The topological polar surface area (TPSA) is 77.8 Å². The van der Waals surface area contributed by atoms with E-state index in [1.165, 1.54) is 0 Å². The van der Waals surface area contributed by atoms with Gasteiger partial charge in [0, 0.05) is 0 Å². The fourth-order valence-corrected chi connectivity index (χ4v) is 0.390. The normalized spacial score (nSPS) is 9.44. The van der Waals surface area contributed by atoms with Crippen LogP contribution in [0.15, 0.2) is 6.20 Å². The van der Waals surface area contributed by atoms with Crippen LogP contribution in [0.1, 0.15) is 0 Å². The summed E-state index contributed by atoms with van der Waals surface area (Å²) >= 11 is 0. The van der Waals surface area contributed by atoms with Crippen LogP contribution in [-0.2, 0) is 0 Å². The highest BCUT2D eigenvalue weighted by Gasteiger charge is 1.96. The van der Waals surface area contributed by atoms with Crippen LogP contribution in [0.25, 0.3) is 0 Å². The van der Waals surface area contributed by atoms with E-state index in [4.69, 9.17) is 11.5 Å². The summed E-state index contributed by atoms with van der Waals surface area (Å²) in [7, 11) is 0. The van der Waals surface area contributed by atoms with Gasteiger partial charge >= 0.3 is 0 Å². The smallest absolute Gasteiger partial charge is 0.233 e. The lowest BCUT2D eigenvalue weighted by Gasteiger charge is -1.93. The predicted molar refractivity (Wildman–Crippen MR) is 30.8 cm³/mol. The molecule has 1 rings (SSSR count). The fraction of sp³-hybridized carbons (Fsp3) is 0. The summed E-state index contributed by atoms with van der Waals surface area (Å²) in [6.07, 6.45) is 0.908. The molecule has 0 aromatic carbocycles. The molecule has 0 spiro atoms. The van der Waals surface area contributed by atoms with Gasteiger partial charge in [-0.05, 0) is 0 Å². The van der Waals surface area contributed by atoms with E-state index in [9.17, 15) is 4.39 Å². The molecule has 0 radical (unpaired) electrons. The molecule has 0 bridgehead atoms. The quantitative estimate of drug-likeness (QED) is 0.506. The minimum Gasteiger partial charge on any atom is -0.381 e. The zero-order valence-corrected chi connectivity index (χ0v) is 4.50. The molecule has 0 saturated heterocycles. The van der Waals surface area contributed by atoms with Crippen molar-refractivity contribution in [2.45, 2.75) is 0 Å². The number of hydrogen-bond acceptors (Lipinski definition) is 4. The third-order valence-corrected chi connectivity index (χ3v) is 0.800. The molecule has 0 aliphatic carbocycles. The van der Waals surface area contributed by atoms with Crippen molar-refractivity contribution in [2.75, 3.05) is 11.5 Å². The van der Waals surface area contributed by atoms with E-state index in [0.29, 0.717) is 0 Å². The first-order chi connectivity index (χ1) is 4.20. The average molecular weight is 128 g/mol. The number of anilines is 2. The van der Waals surface area contributed by atoms with Crippen LogP contribution in [-0.4, -0.2) is 9.97 Å². The molecule has 1 heterocycles. The average Bonchev–Trinajstić information content (AvgIpc) is 1.80. The molecule has 48 valence electrons. The summed E-state index contributed by atoms with van der Waals surface area (Å²) in [5.41, 5.74) is 10.2. The highest BCUT2D eigenvalue weighted by molar-refractivity contribution is 5.50. The van der Waals surface area contributed by atoms with Gasteiger partial charge in [0.2, 0.25) is 5.95 Å². The van der Waals surface area contributed by atoms with Crippen LogP contribution < -0.4 is 11.5 Å². The Balaban J connectivity index is 3.17. The molecule has 5 heteroatoms. The molecule has 4 N–H and O–H groups in total. The zero-order chi connectivity index (χ0) is 6.85. The molecular weight excluding hydrogens is 123 g/mol. The second-order valence-corrected chi connectivity index (χ2v) is 1.46. The second kappa shape index (κ2) is 1.85. The van der Waals surface area contributed by atoms with Crippen molar-refractivity contribution in [3.63, 3.8) is 0 Å². The van der Waals surface area contributed by atoms with Crippen molar-refractivity contribution in [1.82, 2.24) is 9.97 Å². The Morgan fingerprint density at radius 2 is 2.00 bits per heavy atom. The van der Waals surface area contributed by atoms with Gasteiger partial charge in [-0.15, -0.1) is 0 Å². The maximum absolute atomic E-state index is 12.0. The summed E-state index contributed by atoms with van der Waals surface area (Å²) in [6, 6.07) is 0. The molecule has 0 saturated carbocycles. The van der Waals surface area contributed by atoms with Crippen LogP contribution in [0.4, 0.5) is 16.0 Å². The minimum absolute atomic E-state index is 0.0522. The van der Waals surface area contributed by atoms with Crippen LogP contribution in [0, 0.1) is 5.95 Å². The molecule has 0 fully saturated rings. The van der Waals surface area contributed by atoms with Crippen molar-refractivity contribution in [3.05, 3.63) is 12.1 Å². The first kappa shape index (κ1) is 5.74. The summed E-state index contributed by atoms with van der Waals surface area (Å²) in [5, 5.41) is 0. The SMILES string of the molecule is Nc1ncc(F)nc1N. The number of aromatic nitrogens is 2. The molecular formula is C4H5FN4. The Morgan fingerprint density at radius 1 is 1.33 bits per heavy atom. The summed E-state index contributed by atoms with van der Waals surface area (Å²) in [6.45, 7) is 0. The van der Waals surface area contributed by atoms with E-state index >= 15 is 0 Å². The summed E-state index contributed by atoms with van der Waals surface area (Å²) in [5.74, 6) is -0.742. The third kappa shape index (κ3) is 1.04. The number of rotatable bonds is 0. The van der Waals surface area contributed by atoms with E-state index in [0.717, 1.165) is 6.20 Å². The molecule has 0 aliphatic rings. The third-order valence-electron chi connectivity index (χ3n) is 0.800. The molecule has 0 amide bonds. The van der Waals surface area contributed by atoms with Gasteiger partial charge in [-0.1, -0.05) is 0 Å². The molecule has 0 unspecified atom stereocenters. The van der Waals surface area contributed by atoms with Crippen molar-refractivity contribution in [2.24, 2.45) is 0 Å². The molecule has 9 heavy (non-hydrogen) atoms. The van der Waals surface area contributed by atoms with Gasteiger partial charge in [-0.25, -0.2) is 4.98 Å². The monoisotopic (exact) mass is 128 g/mol. The van der Waals surface area contributed by atoms with Crippen LogP contribution in [0.5, 0.6) is 0 Å². The van der Waals surface area contributed by atoms with E-state index < -0.39 is 5.95 Å². The number of hydrogen-bond donors (Lipinski definition) is 2. The van der Waals surface area contributed by atoms with Crippen LogP contribution >= 0.6 is 0 Å². The Hall–Kier alpha value is -1.39. The van der Waals surface area contributed by atoms with E-state index in [-0.39, 0.29) is 11.6 Å². The highest BCUT2D eigenvalue weighted by atomic mass is 19.1. The molecule has 1 aromatic heterocycles. The van der Waals surface area contributed by atoms with E-state index in [1.54, 1.807) is 0 Å². The number of nitrogens with two attached hydrogens (primary N) is 2. The Morgan fingerprint density at radius 3 is 2.44 bits per heavy atom.